The molecule has 18 heavy (non-hydrogen) atoms. The SMILES string of the molecule is CCC(C#N)(CC)NC(=O)c1cccc(Cl)c1F. The van der Waals surface area contributed by atoms with Crippen LogP contribution in [0.4, 0.5) is 4.39 Å². The molecule has 1 aromatic carbocycles. The molecule has 1 aromatic rings. The molecule has 0 bridgehead atoms. The maximum atomic E-state index is 13.7. The Bertz CT molecular complexity index is 492. The Morgan fingerprint density at radius 2 is 2.11 bits per heavy atom. The first-order valence-corrected chi connectivity index (χ1v) is 6.05. The third-order valence-corrected chi connectivity index (χ3v) is 3.26. The Hall–Kier alpha value is -1.60. The van der Waals surface area contributed by atoms with E-state index in [1.54, 1.807) is 13.8 Å². The summed E-state index contributed by atoms with van der Waals surface area (Å²) in [7, 11) is 0. The number of nitrogens with zero attached hydrogens (tertiary/aromatic N) is 1. The Morgan fingerprint density at radius 3 is 2.61 bits per heavy atom. The van der Waals surface area contributed by atoms with Crippen molar-refractivity contribution in [2.45, 2.75) is 32.2 Å². The molecule has 5 heteroatoms. The number of amides is 1. The third-order valence-electron chi connectivity index (χ3n) is 2.97. The Kier molecular flexibility index (Phi) is 4.69. The van der Waals surface area contributed by atoms with Gasteiger partial charge in [0.05, 0.1) is 16.7 Å². The third kappa shape index (κ3) is 2.80. The summed E-state index contributed by atoms with van der Waals surface area (Å²) >= 11 is 5.61. The zero-order chi connectivity index (χ0) is 13.8. The molecule has 0 fully saturated rings. The van der Waals surface area contributed by atoms with Crippen LogP contribution in [-0.4, -0.2) is 11.4 Å². The van der Waals surface area contributed by atoms with Gasteiger partial charge in [-0.1, -0.05) is 31.5 Å². The van der Waals surface area contributed by atoms with Crippen molar-refractivity contribution in [1.29, 1.82) is 5.26 Å². The number of nitrogens with one attached hydrogen (secondary N) is 1. The van der Waals surface area contributed by atoms with E-state index in [9.17, 15) is 9.18 Å². The highest BCUT2D eigenvalue weighted by Gasteiger charge is 2.29. The van der Waals surface area contributed by atoms with E-state index in [4.69, 9.17) is 16.9 Å². The zero-order valence-corrected chi connectivity index (χ0v) is 11.0. The summed E-state index contributed by atoms with van der Waals surface area (Å²) in [6.45, 7) is 3.59. The van der Waals surface area contributed by atoms with Gasteiger partial charge in [-0.05, 0) is 25.0 Å². The van der Waals surface area contributed by atoms with Gasteiger partial charge in [0.25, 0.3) is 5.91 Å². The molecular weight excluding hydrogens is 255 g/mol. The van der Waals surface area contributed by atoms with Gasteiger partial charge < -0.3 is 5.32 Å². The molecule has 0 aliphatic carbocycles. The number of hydrogen-bond acceptors (Lipinski definition) is 2. The molecule has 0 spiro atoms. The molecule has 96 valence electrons. The zero-order valence-electron chi connectivity index (χ0n) is 10.3. The topological polar surface area (TPSA) is 52.9 Å². The van der Waals surface area contributed by atoms with Crippen LogP contribution in [0.3, 0.4) is 0 Å². The van der Waals surface area contributed by atoms with Gasteiger partial charge >= 0.3 is 0 Å². The van der Waals surface area contributed by atoms with E-state index < -0.39 is 17.3 Å². The molecule has 0 atom stereocenters. The first-order valence-electron chi connectivity index (χ1n) is 5.67. The van der Waals surface area contributed by atoms with Gasteiger partial charge in [0, 0.05) is 0 Å². The van der Waals surface area contributed by atoms with E-state index in [1.807, 2.05) is 0 Å². The molecule has 0 unspecified atom stereocenters. The van der Waals surface area contributed by atoms with Crippen LogP contribution in [0.1, 0.15) is 37.0 Å². The van der Waals surface area contributed by atoms with Crippen LogP contribution in [0.2, 0.25) is 5.02 Å². The standard InChI is InChI=1S/C13H14ClFN2O/c1-3-13(4-2,8-16)17-12(18)9-6-5-7-10(14)11(9)15/h5-7H,3-4H2,1-2H3,(H,17,18). The van der Waals surface area contributed by atoms with Gasteiger partial charge in [-0.15, -0.1) is 0 Å². The van der Waals surface area contributed by atoms with Crippen molar-refractivity contribution in [1.82, 2.24) is 5.32 Å². The van der Waals surface area contributed by atoms with Crippen molar-refractivity contribution in [3.05, 3.63) is 34.6 Å². The average Bonchev–Trinajstić information content (AvgIpc) is 2.39. The van der Waals surface area contributed by atoms with E-state index in [0.29, 0.717) is 12.8 Å². The minimum Gasteiger partial charge on any atom is -0.334 e. The monoisotopic (exact) mass is 268 g/mol. The molecule has 0 aromatic heterocycles. The van der Waals surface area contributed by atoms with E-state index in [2.05, 4.69) is 11.4 Å². The molecule has 3 nitrogen and oxygen atoms in total. The fourth-order valence-electron chi connectivity index (χ4n) is 1.58. The van der Waals surface area contributed by atoms with Crippen LogP contribution in [-0.2, 0) is 0 Å². The lowest BCUT2D eigenvalue weighted by Gasteiger charge is -2.25. The highest BCUT2D eigenvalue weighted by molar-refractivity contribution is 6.31. The van der Waals surface area contributed by atoms with E-state index in [0.717, 1.165) is 0 Å². The average molecular weight is 269 g/mol. The molecule has 0 aliphatic heterocycles. The number of hydrogen-bond donors (Lipinski definition) is 1. The van der Waals surface area contributed by atoms with Gasteiger partial charge in [0.2, 0.25) is 0 Å². The molecule has 0 heterocycles. The number of carbonyl (C=O) groups is 1. The van der Waals surface area contributed by atoms with Crippen LogP contribution < -0.4 is 5.32 Å². The predicted octanol–water partition coefficient (Wildman–Crippen LogP) is 3.29. The van der Waals surface area contributed by atoms with Crippen LogP contribution >= 0.6 is 11.6 Å². The second-order valence-electron chi connectivity index (χ2n) is 3.96. The maximum absolute atomic E-state index is 13.7. The summed E-state index contributed by atoms with van der Waals surface area (Å²) in [6, 6.07) is 6.26. The quantitative estimate of drug-likeness (QED) is 0.911. The van der Waals surface area contributed by atoms with Crippen LogP contribution in [0.15, 0.2) is 18.2 Å². The summed E-state index contributed by atoms with van der Waals surface area (Å²) in [5.74, 6) is -1.39. The lowest BCUT2D eigenvalue weighted by atomic mass is 9.94. The Balaban J connectivity index is 3.03. The van der Waals surface area contributed by atoms with Gasteiger partial charge in [0.1, 0.15) is 5.54 Å². The fraction of sp³-hybridized carbons (Fsp3) is 0.385. The van der Waals surface area contributed by atoms with Gasteiger partial charge in [-0.2, -0.15) is 5.26 Å². The number of halogens is 2. The van der Waals surface area contributed by atoms with Crippen molar-refractivity contribution >= 4 is 17.5 Å². The van der Waals surface area contributed by atoms with E-state index >= 15 is 0 Å². The second-order valence-corrected chi connectivity index (χ2v) is 4.36. The fourth-order valence-corrected chi connectivity index (χ4v) is 1.75. The lowest BCUT2D eigenvalue weighted by molar-refractivity contribution is 0.0911. The molecule has 1 N–H and O–H groups in total. The second kappa shape index (κ2) is 5.83. The van der Waals surface area contributed by atoms with Gasteiger partial charge in [-0.3, -0.25) is 4.79 Å². The van der Waals surface area contributed by atoms with Gasteiger partial charge in [0.15, 0.2) is 5.82 Å². The smallest absolute Gasteiger partial charge is 0.255 e. The maximum Gasteiger partial charge on any atom is 0.255 e. The first kappa shape index (κ1) is 14.5. The Morgan fingerprint density at radius 1 is 1.50 bits per heavy atom. The molecular formula is C13H14ClFN2O. The lowest BCUT2D eigenvalue weighted by Crippen LogP contribution is -2.46. The predicted molar refractivity (Wildman–Crippen MR) is 67.8 cm³/mol. The first-order chi connectivity index (χ1) is 8.49. The van der Waals surface area contributed by atoms with Crippen molar-refractivity contribution in [2.75, 3.05) is 0 Å². The summed E-state index contributed by atoms with van der Waals surface area (Å²) in [5, 5.41) is 11.6. The number of carbonyl (C=O) groups excluding carboxylic acids is 1. The minimum absolute atomic E-state index is 0.113. The molecule has 0 aliphatic rings. The summed E-state index contributed by atoms with van der Waals surface area (Å²) in [4.78, 5) is 11.9. The van der Waals surface area contributed by atoms with Crippen molar-refractivity contribution in [3.63, 3.8) is 0 Å². The molecule has 0 saturated heterocycles. The van der Waals surface area contributed by atoms with Crippen LogP contribution in [0.25, 0.3) is 0 Å². The normalized spacial score (nSPS) is 10.8. The molecule has 0 radical (unpaired) electrons. The number of benzene rings is 1. The molecule has 0 saturated carbocycles. The van der Waals surface area contributed by atoms with Crippen molar-refractivity contribution in [3.8, 4) is 6.07 Å². The van der Waals surface area contributed by atoms with Crippen LogP contribution in [0.5, 0.6) is 0 Å². The highest BCUT2D eigenvalue weighted by Crippen LogP contribution is 2.20. The number of nitriles is 1. The minimum atomic E-state index is -0.966. The van der Waals surface area contributed by atoms with Crippen molar-refractivity contribution < 1.29 is 9.18 Å². The summed E-state index contributed by atoms with van der Waals surface area (Å²) in [6.07, 6.45) is 0.905. The summed E-state index contributed by atoms with van der Waals surface area (Å²) in [5.41, 5.74) is -1.12. The molecule has 1 rings (SSSR count). The summed E-state index contributed by atoms with van der Waals surface area (Å²) < 4.78 is 13.7. The largest absolute Gasteiger partial charge is 0.334 e. The number of rotatable bonds is 4. The highest BCUT2D eigenvalue weighted by atomic mass is 35.5. The van der Waals surface area contributed by atoms with E-state index in [-0.39, 0.29) is 10.6 Å². The van der Waals surface area contributed by atoms with E-state index in [1.165, 1.54) is 18.2 Å². The van der Waals surface area contributed by atoms with Crippen molar-refractivity contribution in [2.24, 2.45) is 0 Å². The van der Waals surface area contributed by atoms with Gasteiger partial charge in [-0.25, -0.2) is 4.39 Å². The Labute approximate surface area is 111 Å². The molecule has 1 amide bonds. The van der Waals surface area contributed by atoms with Crippen LogP contribution in [0, 0.1) is 17.1 Å².